The molecule has 1 spiro atoms. The van der Waals surface area contributed by atoms with Crippen LogP contribution < -0.4 is 4.90 Å². The van der Waals surface area contributed by atoms with Crippen LogP contribution in [-0.4, -0.2) is 69.6 Å². The molecule has 3 aliphatic heterocycles. The lowest BCUT2D eigenvalue weighted by Gasteiger charge is -2.37. The molecule has 0 radical (unpaired) electrons. The molecule has 0 saturated carbocycles. The number of carbonyl (C=O) groups is 3. The van der Waals surface area contributed by atoms with Gasteiger partial charge in [0.05, 0.1) is 33.9 Å². The average molecular weight is 561 g/mol. The number of anilines is 1. The lowest BCUT2D eigenvalue weighted by molar-refractivity contribution is -0.155. The highest BCUT2D eigenvalue weighted by Crippen LogP contribution is 2.71. The molecule has 38 heavy (non-hydrogen) atoms. The van der Waals surface area contributed by atoms with Crippen molar-refractivity contribution in [1.29, 1.82) is 0 Å². The number of ether oxygens (including phenoxy) is 1. The molecule has 1 N–H and O–H groups in total. The number of hydrogen-bond acceptors (Lipinski definition) is 6. The zero-order chi connectivity index (χ0) is 27.5. The van der Waals surface area contributed by atoms with Gasteiger partial charge in [0.1, 0.15) is 6.04 Å². The summed E-state index contributed by atoms with van der Waals surface area (Å²) in [5.74, 6) is -2.03. The molecular formula is C29H37ClN2O5S. The van der Waals surface area contributed by atoms with Gasteiger partial charge in [0.15, 0.2) is 0 Å². The van der Waals surface area contributed by atoms with Crippen molar-refractivity contribution in [3.63, 3.8) is 0 Å². The van der Waals surface area contributed by atoms with Crippen molar-refractivity contribution in [2.75, 3.05) is 31.2 Å². The van der Waals surface area contributed by atoms with E-state index in [4.69, 9.17) is 16.3 Å². The summed E-state index contributed by atoms with van der Waals surface area (Å²) >= 11 is 8.12. The van der Waals surface area contributed by atoms with E-state index in [-0.39, 0.29) is 37.5 Å². The molecule has 2 bridgehead atoms. The summed E-state index contributed by atoms with van der Waals surface area (Å²) in [6.07, 6.45) is 7.30. The third kappa shape index (κ3) is 4.91. The van der Waals surface area contributed by atoms with Crippen LogP contribution in [0.2, 0.25) is 5.02 Å². The highest BCUT2D eigenvalue weighted by Gasteiger charge is 2.77. The van der Waals surface area contributed by atoms with Crippen molar-refractivity contribution < 1.29 is 24.2 Å². The maximum absolute atomic E-state index is 14.5. The number of carbonyl (C=O) groups excluding carboxylic acids is 3. The summed E-state index contributed by atoms with van der Waals surface area (Å²) in [6.45, 7) is 10.4. The first-order valence-electron chi connectivity index (χ1n) is 13.3. The second-order valence-electron chi connectivity index (χ2n) is 10.5. The number of allylic oxidation sites excluding steroid dienone is 1. The molecule has 3 heterocycles. The number of benzene rings is 1. The van der Waals surface area contributed by atoms with E-state index in [1.807, 2.05) is 13.0 Å². The number of amides is 2. The number of halogens is 1. The fourth-order valence-electron chi connectivity index (χ4n) is 6.44. The molecular weight excluding hydrogens is 524 g/mol. The maximum Gasteiger partial charge on any atom is 0.311 e. The SMILES string of the molecule is C=CCCCOC(=O)[C@@H]1[C@H]2C(=O)N(CCCCO)C(C(=O)N(CC=C)c3ccccc3Cl)C23CC[C@@]1(C)S3. The van der Waals surface area contributed by atoms with E-state index in [9.17, 15) is 19.5 Å². The molecule has 7 nitrogen and oxygen atoms in total. The summed E-state index contributed by atoms with van der Waals surface area (Å²) in [5.41, 5.74) is 0.559. The van der Waals surface area contributed by atoms with E-state index in [1.165, 1.54) is 0 Å². The number of aliphatic hydroxyl groups excluding tert-OH is 1. The van der Waals surface area contributed by atoms with Gasteiger partial charge in [0.2, 0.25) is 5.91 Å². The molecule has 206 valence electrons. The Morgan fingerprint density at radius 2 is 2.00 bits per heavy atom. The predicted octanol–water partition coefficient (Wildman–Crippen LogP) is 4.62. The van der Waals surface area contributed by atoms with Crippen LogP contribution in [0.1, 0.15) is 45.4 Å². The number of nitrogens with zero attached hydrogens (tertiary/aromatic N) is 2. The Morgan fingerprint density at radius 3 is 2.68 bits per heavy atom. The van der Waals surface area contributed by atoms with Crippen LogP contribution >= 0.6 is 23.4 Å². The molecule has 1 aromatic rings. The molecule has 2 unspecified atom stereocenters. The monoisotopic (exact) mass is 560 g/mol. The van der Waals surface area contributed by atoms with Crippen LogP contribution in [0, 0.1) is 11.8 Å². The van der Waals surface area contributed by atoms with Crippen LogP contribution in [0.15, 0.2) is 49.6 Å². The van der Waals surface area contributed by atoms with Crippen LogP contribution in [-0.2, 0) is 19.1 Å². The Bertz CT molecular complexity index is 1100. The first-order chi connectivity index (χ1) is 18.3. The van der Waals surface area contributed by atoms with Gasteiger partial charge in [-0.3, -0.25) is 14.4 Å². The minimum absolute atomic E-state index is 0.00388. The number of likely N-dealkylation sites (tertiary alicyclic amines) is 1. The lowest BCUT2D eigenvalue weighted by Crippen LogP contribution is -2.55. The highest BCUT2D eigenvalue weighted by molar-refractivity contribution is 8.02. The van der Waals surface area contributed by atoms with Gasteiger partial charge in [-0.25, -0.2) is 0 Å². The molecule has 0 aliphatic carbocycles. The van der Waals surface area contributed by atoms with E-state index >= 15 is 0 Å². The normalized spacial score (nSPS) is 29.3. The number of unbranched alkanes of at least 4 members (excludes halogenated alkanes) is 2. The fourth-order valence-corrected chi connectivity index (χ4v) is 9.02. The molecule has 9 heteroatoms. The van der Waals surface area contributed by atoms with Gasteiger partial charge in [-0.1, -0.05) is 35.9 Å². The van der Waals surface area contributed by atoms with E-state index in [2.05, 4.69) is 13.2 Å². The number of rotatable bonds is 13. The Morgan fingerprint density at radius 1 is 1.24 bits per heavy atom. The minimum atomic E-state index is -0.764. The third-order valence-corrected chi connectivity index (χ3v) is 10.4. The quantitative estimate of drug-likeness (QED) is 0.215. The second-order valence-corrected chi connectivity index (χ2v) is 12.8. The van der Waals surface area contributed by atoms with E-state index in [1.54, 1.807) is 51.9 Å². The van der Waals surface area contributed by atoms with Crippen LogP contribution in [0.25, 0.3) is 0 Å². The van der Waals surface area contributed by atoms with Crippen molar-refractivity contribution in [2.24, 2.45) is 11.8 Å². The van der Waals surface area contributed by atoms with Crippen molar-refractivity contribution in [3.8, 4) is 0 Å². The van der Waals surface area contributed by atoms with Gasteiger partial charge < -0.3 is 19.6 Å². The standard InChI is InChI=1S/C29H37ClN2O5S/c1-4-6-11-19-37-27(36)23-22-25(34)32(17-9-10-18-33)24(29(22)15-14-28(23,3)38-29)26(35)31(16-5-2)21-13-8-7-12-20(21)30/h4-5,7-8,12-13,22-24,33H,1-2,6,9-11,14-19H2,3H3/t22-,23-,24?,28+,29?/m0/s1. The highest BCUT2D eigenvalue weighted by atomic mass is 35.5. The summed E-state index contributed by atoms with van der Waals surface area (Å²) in [5, 5.41) is 9.81. The lowest BCUT2D eigenvalue weighted by atomic mass is 9.66. The predicted molar refractivity (Wildman–Crippen MR) is 151 cm³/mol. The Labute approximate surface area is 234 Å². The Kier molecular flexibility index (Phi) is 8.95. The molecule has 0 aromatic heterocycles. The Balaban J connectivity index is 1.73. The van der Waals surface area contributed by atoms with Gasteiger partial charge in [-0.2, -0.15) is 0 Å². The molecule has 2 amide bonds. The largest absolute Gasteiger partial charge is 0.465 e. The molecule has 4 rings (SSSR count). The zero-order valence-corrected chi connectivity index (χ0v) is 23.5. The van der Waals surface area contributed by atoms with Crippen molar-refractivity contribution >= 4 is 46.8 Å². The number of para-hydroxylation sites is 1. The van der Waals surface area contributed by atoms with Crippen LogP contribution in [0.5, 0.6) is 0 Å². The number of esters is 1. The maximum atomic E-state index is 14.5. The summed E-state index contributed by atoms with van der Waals surface area (Å²) in [7, 11) is 0. The minimum Gasteiger partial charge on any atom is -0.465 e. The smallest absolute Gasteiger partial charge is 0.311 e. The fraction of sp³-hybridized carbons (Fsp3) is 0.552. The van der Waals surface area contributed by atoms with Gasteiger partial charge in [0, 0.05) is 24.4 Å². The van der Waals surface area contributed by atoms with Crippen molar-refractivity contribution in [1.82, 2.24) is 4.90 Å². The molecule has 3 saturated heterocycles. The van der Waals surface area contributed by atoms with E-state index < -0.39 is 27.4 Å². The number of aliphatic hydroxyl groups is 1. The van der Waals surface area contributed by atoms with E-state index in [0.717, 1.165) is 12.8 Å². The van der Waals surface area contributed by atoms with Gasteiger partial charge in [0.25, 0.3) is 5.91 Å². The summed E-state index contributed by atoms with van der Waals surface area (Å²) < 4.78 is 4.44. The van der Waals surface area contributed by atoms with E-state index in [0.29, 0.717) is 42.9 Å². The average Bonchev–Trinajstić information content (AvgIpc) is 3.46. The van der Waals surface area contributed by atoms with Crippen LogP contribution in [0.4, 0.5) is 5.69 Å². The van der Waals surface area contributed by atoms with Crippen molar-refractivity contribution in [2.45, 2.75) is 61.0 Å². The van der Waals surface area contributed by atoms with Gasteiger partial charge in [-0.05, 0) is 57.6 Å². The third-order valence-electron chi connectivity index (χ3n) is 8.09. The summed E-state index contributed by atoms with van der Waals surface area (Å²) in [6, 6.07) is 6.38. The van der Waals surface area contributed by atoms with Crippen LogP contribution in [0.3, 0.4) is 0 Å². The first-order valence-corrected chi connectivity index (χ1v) is 14.5. The molecule has 5 atom stereocenters. The van der Waals surface area contributed by atoms with Gasteiger partial charge in [-0.15, -0.1) is 24.9 Å². The first kappa shape index (κ1) is 28.7. The molecule has 3 aliphatic rings. The molecule has 1 aromatic carbocycles. The molecule has 3 fully saturated rings. The Hall–Kier alpha value is -2.29. The summed E-state index contributed by atoms with van der Waals surface area (Å²) in [4.78, 5) is 45.3. The topological polar surface area (TPSA) is 87.1 Å². The number of thioether (sulfide) groups is 1. The van der Waals surface area contributed by atoms with Gasteiger partial charge >= 0.3 is 5.97 Å². The number of fused-ring (bicyclic) bond motifs is 1. The number of hydrogen-bond donors (Lipinski definition) is 1. The zero-order valence-electron chi connectivity index (χ0n) is 21.9. The van der Waals surface area contributed by atoms with Crippen molar-refractivity contribution in [3.05, 3.63) is 54.6 Å². The second kappa shape index (κ2) is 11.8.